The molecular formula is C22H23Cl2N2O2+. The third-order valence-corrected chi connectivity index (χ3v) is 4.83. The van der Waals surface area contributed by atoms with Crippen LogP contribution in [0.25, 0.3) is 0 Å². The molecule has 0 spiro atoms. The SMILES string of the molecule is CCOc1cc(C[NH2+]Cc2cccnc2)cc(Cl)c1OCc1ccccc1Cl. The maximum Gasteiger partial charge on any atom is 0.180 e. The highest BCUT2D eigenvalue weighted by atomic mass is 35.5. The number of pyridine rings is 1. The van der Waals surface area contributed by atoms with Gasteiger partial charge < -0.3 is 14.8 Å². The quantitative estimate of drug-likeness (QED) is 0.551. The summed E-state index contributed by atoms with van der Waals surface area (Å²) in [5.41, 5.74) is 3.15. The van der Waals surface area contributed by atoms with Gasteiger partial charge in [-0.15, -0.1) is 0 Å². The molecular weight excluding hydrogens is 395 g/mol. The van der Waals surface area contributed by atoms with Crippen molar-refractivity contribution in [3.63, 3.8) is 0 Å². The van der Waals surface area contributed by atoms with Gasteiger partial charge >= 0.3 is 0 Å². The zero-order chi connectivity index (χ0) is 19.8. The molecule has 0 unspecified atom stereocenters. The third kappa shape index (κ3) is 5.61. The van der Waals surface area contributed by atoms with Gasteiger partial charge in [-0.25, -0.2) is 0 Å². The highest BCUT2D eigenvalue weighted by Crippen LogP contribution is 2.37. The van der Waals surface area contributed by atoms with E-state index in [4.69, 9.17) is 32.7 Å². The van der Waals surface area contributed by atoms with E-state index in [-0.39, 0.29) is 0 Å². The molecule has 1 heterocycles. The van der Waals surface area contributed by atoms with Gasteiger partial charge in [-0.2, -0.15) is 0 Å². The molecule has 0 aliphatic carbocycles. The minimum absolute atomic E-state index is 0.325. The molecule has 2 N–H and O–H groups in total. The van der Waals surface area contributed by atoms with Crippen LogP contribution in [0.15, 0.2) is 60.9 Å². The Balaban J connectivity index is 1.69. The van der Waals surface area contributed by atoms with Gasteiger partial charge in [0.05, 0.1) is 11.6 Å². The zero-order valence-electron chi connectivity index (χ0n) is 15.7. The number of ether oxygens (including phenoxy) is 2. The maximum absolute atomic E-state index is 6.51. The summed E-state index contributed by atoms with van der Waals surface area (Å²) in [5, 5.41) is 3.39. The van der Waals surface area contributed by atoms with Crippen molar-refractivity contribution < 1.29 is 14.8 Å². The van der Waals surface area contributed by atoms with Gasteiger partial charge in [0, 0.05) is 34.1 Å². The normalized spacial score (nSPS) is 10.7. The van der Waals surface area contributed by atoms with Crippen LogP contribution in [-0.4, -0.2) is 11.6 Å². The van der Waals surface area contributed by atoms with Crippen LogP contribution < -0.4 is 14.8 Å². The van der Waals surface area contributed by atoms with Crippen LogP contribution >= 0.6 is 23.2 Å². The number of quaternary nitrogens is 1. The van der Waals surface area contributed by atoms with Crippen molar-refractivity contribution in [1.82, 2.24) is 4.98 Å². The average molecular weight is 418 g/mol. The highest BCUT2D eigenvalue weighted by Gasteiger charge is 2.14. The minimum atomic E-state index is 0.325. The van der Waals surface area contributed by atoms with Crippen LogP contribution in [-0.2, 0) is 19.7 Å². The standard InChI is InChI=1S/C22H22Cl2N2O2/c1-2-27-21-11-17(14-26-13-16-6-5-9-25-12-16)10-20(24)22(21)28-15-18-7-3-4-8-19(18)23/h3-12,26H,2,13-15H2,1H3/p+1. The second-order valence-electron chi connectivity index (χ2n) is 6.28. The van der Waals surface area contributed by atoms with Crippen molar-refractivity contribution >= 4 is 23.2 Å². The van der Waals surface area contributed by atoms with Crippen LogP contribution in [0.4, 0.5) is 0 Å². The molecule has 3 aromatic rings. The van der Waals surface area contributed by atoms with Crippen LogP contribution in [0.2, 0.25) is 10.0 Å². The molecule has 0 radical (unpaired) electrons. The van der Waals surface area contributed by atoms with E-state index in [1.165, 1.54) is 5.56 Å². The molecule has 28 heavy (non-hydrogen) atoms. The smallest absolute Gasteiger partial charge is 0.180 e. The molecule has 0 amide bonds. The average Bonchev–Trinajstić information content (AvgIpc) is 2.70. The van der Waals surface area contributed by atoms with Gasteiger partial charge in [-0.3, -0.25) is 4.98 Å². The molecule has 2 aromatic carbocycles. The lowest BCUT2D eigenvalue weighted by Crippen LogP contribution is -2.80. The molecule has 1 aromatic heterocycles. The first kappa shape index (κ1) is 20.5. The van der Waals surface area contributed by atoms with E-state index < -0.39 is 0 Å². The first-order chi connectivity index (χ1) is 13.7. The van der Waals surface area contributed by atoms with E-state index in [0.29, 0.717) is 34.8 Å². The zero-order valence-corrected chi connectivity index (χ0v) is 17.2. The number of nitrogens with zero attached hydrogens (tertiary/aromatic N) is 1. The molecule has 146 valence electrons. The summed E-state index contributed by atoms with van der Waals surface area (Å²) in [4.78, 5) is 4.14. The monoisotopic (exact) mass is 417 g/mol. The Hall–Kier alpha value is -2.27. The highest BCUT2D eigenvalue weighted by molar-refractivity contribution is 6.32. The molecule has 0 fully saturated rings. The molecule has 0 saturated carbocycles. The molecule has 3 rings (SSSR count). The Kier molecular flexibility index (Phi) is 7.54. The van der Waals surface area contributed by atoms with E-state index in [0.717, 1.165) is 24.2 Å². The van der Waals surface area contributed by atoms with Crippen LogP contribution in [0.1, 0.15) is 23.6 Å². The maximum atomic E-state index is 6.51. The number of aromatic nitrogens is 1. The number of benzene rings is 2. The predicted octanol–water partition coefficient (Wildman–Crippen LogP) is 4.63. The van der Waals surface area contributed by atoms with E-state index in [1.807, 2.05) is 55.6 Å². The van der Waals surface area contributed by atoms with Crippen molar-refractivity contribution in [1.29, 1.82) is 0 Å². The first-order valence-electron chi connectivity index (χ1n) is 9.19. The van der Waals surface area contributed by atoms with E-state index in [2.05, 4.69) is 16.4 Å². The molecule has 0 saturated heterocycles. The fraction of sp³-hybridized carbons (Fsp3) is 0.227. The van der Waals surface area contributed by atoms with Gasteiger partial charge in [0.1, 0.15) is 19.7 Å². The van der Waals surface area contributed by atoms with Crippen molar-refractivity contribution in [2.45, 2.75) is 26.6 Å². The minimum Gasteiger partial charge on any atom is -0.490 e. The summed E-state index contributed by atoms with van der Waals surface area (Å²) in [7, 11) is 0. The Labute approximate surface area is 175 Å². The van der Waals surface area contributed by atoms with E-state index >= 15 is 0 Å². The molecule has 0 aliphatic rings. The lowest BCUT2D eigenvalue weighted by Gasteiger charge is -2.15. The number of nitrogens with two attached hydrogens (primary N) is 1. The summed E-state index contributed by atoms with van der Waals surface area (Å²) in [5.74, 6) is 1.19. The summed E-state index contributed by atoms with van der Waals surface area (Å²) >= 11 is 12.7. The van der Waals surface area contributed by atoms with Gasteiger partial charge in [0.15, 0.2) is 11.5 Å². The predicted molar refractivity (Wildman–Crippen MR) is 112 cm³/mol. The first-order valence-corrected chi connectivity index (χ1v) is 9.95. The number of hydrogen-bond donors (Lipinski definition) is 1. The summed E-state index contributed by atoms with van der Waals surface area (Å²) in [6, 6.07) is 15.5. The fourth-order valence-corrected chi connectivity index (χ4v) is 3.31. The summed E-state index contributed by atoms with van der Waals surface area (Å²) < 4.78 is 11.7. The van der Waals surface area contributed by atoms with Crippen LogP contribution in [0, 0.1) is 0 Å². The Morgan fingerprint density at radius 1 is 0.929 bits per heavy atom. The van der Waals surface area contributed by atoms with Crippen LogP contribution in [0.5, 0.6) is 11.5 Å². The summed E-state index contributed by atoms with van der Waals surface area (Å²) in [6.45, 7) is 4.42. The van der Waals surface area contributed by atoms with Gasteiger partial charge in [-0.1, -0.05) is 47.5 Å². The Bertz CT molecular complexity index is 904. The molecule has 4 nitrogen and oxygen atoms in total. The second kappa shape index (κ2) is 10.3. The molecule has 6 heteroatoms. The topological polar surface area (TPSA) is 48.0 Å². The van der Waals surface area contributed by atoms with Crippen molar-refractivity contribution in [2.75, 3.05) is 6.61 Å². The Morgan fingerprint density at radius 3 is 2.50 bits per heavy atom. The summed E-state index contributed by atoms with van der Waals surface area (Å²) in [6.07, 6.45) is 3.65. The number of halogens is 2. The third-order valence-electron chi connectivity index (χ3n) is 4.18. The molecule has 0 aliphatic heterocycles. The van der Waals surface area contributed by atoms with Gasteiger partial charge in [-0.05, 0) is 31.2 Å². The van der Waals surface area contributed by atoms with Crippen molar-refractivity contribution in [3.8, 4) is 11.5 Å². The lowest BCUT2D eigenvalue weighted by atomic mass is 10.2. The molecule has 0 bridgehead atoms. The Morgan fingerprint density at radius 2 is 1.75 bits per heavy atom. The van der Waals surface area contributed by atoms with Gasteiger partial charge in [0.25, 0.3) is 0 Å². The number of hydrogen-bond acceptors (Lipinski definition) is 3. The fourth-order valence-electron chi connectivity index (χ4n) is 2.83. The largest absolute Gasteiger partial charge is 0.490 e. The van der Waals surface area contributed by atoms with Crippen LogP contribution in [0.3, 0.4) is 0 Å². The van der Waals surface area contributed by atoms with Crippen molar-refractivity contribution in [2.24, 2.45) is 0 Å². The second-order valence-corrected chi connectivity index (χ2v) is 7.09. The van der Waals surface area contributed by atoms with Gasteiger partial charge in [0.2, 0.25) is 0 Å². The number of rotatable bonds is 9. The van der Waals surface area contributed by atoms with Crippen molar-refractivity contribution in [3.05, 3.63) is 87.7 Å². The lowest BCUT2D eigenvalue weighted by molar-refractivity contribution is -0.686. The van der Waals surface area contributed by atoms with E-state index in [9.17, 15) is 0 Å². The molecule has 0 atom stereocenters. The van der Waals surface area contributed by atoms with E-state index in [1.54, 1.807) is 6.20 Å².